The van der Waals surface area contributed by atoms with Crippen LogP contribution in [0.1, 0.15) is 52.7 Å². The quantitative estimate of drug-likeness (QED) is 0.806. The standard InChI is InChI=1S/C23H25NO4/c1-27-17-9-8-14(11-18(17)28-2)21-20-13-7-6-12(10-13)19(20)15-4-3-5-16(23(25)26)22(15)24-21/h3-5,8-9,11-13,19-21,24H,6-7,10H2,1-2H3,(H,25,26)/t12-,13-,19+,20-,21-/m0/s1. The van der Waals surface area contributed by atoms with E-state index in [1.807, 2.05) is 18.2 Å². The van der Waals surface area contributed by atoms with Gasteiger partial charge in [-0.2, -0.15) is 0 Å². The molecule has 5 nitrogen and oxygen atoms in total. The Hall–Kier alpha value is -2.69. The van der Waals surface area contributed by atoms with Crippen molar-refractivity contribution in [2.75, 3.05) is 19.5 Å². The number of rotatable bonds is 4. The van der Waals surface area contributed by atoms with Gasteiger partial charge in [0.25, 0.3) is 0 Å². The summed E-state index contributed by atoms with van der Waals surface area (Å²) in [4.78, 5) is 11.9. The van der Waals surface area contributed by atoms with Crippen LogP contribution in [0.15, 0.2) is 36.4 Å². The second-order valence-corrected chi connectivity index (χ2v) is 8.25. The van der Waals surface area contributed by atoms with Gasteiger partial charge in [0.05, 0.1) is 31.5 Å². The number of ether oxygens (including phenoxy) is 2. The SMILES string of the molecule is COc1ccc([C@@H]2Nc3c(C(=O)O)cccc3[C@H]3[C@H]4CC[C@@H](C4)[C@@H]32)cc1OC. The Morgan fingerprint density at radius 1 is 1.07 bits per heavy atom. The number of hydrogen-bond donors (Lipinski definition) is 2. The molecule has 2 fully saturated rings. The maximum atomic E-state index is 11.9. The first-order valence-electron chi connectivity index (χ1n) is 9.97. The molecule has 5 atom stereocenters. The summed E-state index contributed by atoms with van der Waals surface area (Å²) in [7, 11) is 3.28. The summed E-state index contributed by atoms with van der Waals surface area (Å²) in [6.07, 6.45) is 3.77. The van der Waals surface area contributed by atoms with Crippen molar-refractivity contribution in [1.29, 1.82) is 0 Å². The van der Waals surface area contributed by atoms with Gasteiger partial charge < -0.3 is 19.9 Å². The van der Waals surface area contributed by atoms with Gasteiger partial charge in [-0.25, -0.2) is 4.79 Å². The number of para-hydroxylation sites is 1. The molecule has 3 aliphatic rings. The fourth-order valence-electron chi connectivity index (χ4n) is 6.07. The minimum absolute atomic E-state index is 0.0770. The summed E-state index contributed by atoms with van der Waals surface area (Å²) in [5, 5.41) is 13.4. The maximum absolute atomic E-state index is 11.9. The molecule has 0 amide bonds. The van der Waals surface area contributed by atoms with Gasteiger partial charge in [-0.3, -0.25) is 0 Å². The van der Waals surface area contributed by atoms with Crippen molar-refractivity contribution < 1.29 is 19.4 Å². The van der Waals surface area contributed by atoms with Crippen LogP contribution in [-0.2, 0) is 0 Å². The van der Waals surface area contributed by atoms with Crippen LogP contribution in [0, 0.1) is 17.8 Å². The normalized spacial score (nSPS) is 29.6. The summed E-state index contributed by atoms with van der Waals surface area (Å²) >= 11 is 0. The number of carbonyl (C=O) groups is 1. The van der Waals surface area contributed by atoms with Gasteiger partial charge in [0.1, 0.15) is 0 Å². The van der Waals surface area contributed by atoms with Gasteiger partial charge >= 0.3 is 5.97 Å². The highest BCUT2D eigenvalue weighted by Crippen LogP contribution is 2.64. The van der Waals surface area contributed by atoms with Gasteiger partial charge in [-0.1, -0.05) is 18.2 Å². The van der Waals surface area contributed by atoms with E-state index in [0.717, 1.165) is 11.3 Å². The first kappa shape index (κ1) is 17.4. The number of methoxy groups -OCH3 is 2. The minimum atomic E-state index is -0.878. The lowest BCUT2D eigenvalue weighted by Gasteiger charge is -2.44. The Kier molecular flexibility index (Phi) is 4.00. The van der Waals surface area contributed by atoms with E-state index in [4.69, 9.17) is 9.47 Å². The molecule has 2 aromatic rings. The van der Waals surface area contributed by atoms with Gasteiger partial charge in [0.15, 0.2) is 11.5 Å². The monoisotopic (exact) mass is 379 g/mol. The summed E-state index contributed by atoms with van der Waals surface area (Å²) < 4.78 is 10.9. The van der Waals surface area contributed by atoms with Crippen molar-refractivity contribution >= 4 is 11.7 Å². The number of carboxylic acid groups (broad SMARTS) is 1. The molecule has 0 saturated heterocycles. The highest BCUT2D eigenvalue weighted by atomic mass is 16.5. The number of aromatic carboxylic acids is 1. The average Bonchev–Trinajstić information content (AvgIpc) is 3.34. The van der Waals surface area contributed by atoms with Crippen LogP contribution >= 0.6 is 0 Å². The Morgan fingerprint density at radius 2 is 1.86 bits per heavy atom. The molecule has 0 unspecified atom stereocenters. The Bertz CT molecular complexity index is 940. The zero-order valence-electron chi connectivity index (χ0n) is 16.1. The van der Waals surface area contributed by atoms with Crippen LogP contribution in [0.5, 0.6) is 11.5 Å². The van der Waals surface area contributed by atoms with E-state index < -0.39 is 5.97 Å². The molecule has 2 bridgehead atoms. The Labute approximate surface area is 164 Å². The number of benzene rings is 2. The summed E-state index contributed by atoms with van der Waals surface area (Å²) in [6.45, 7) is 0. The smallest absolute Gasteiger partial charge is 0.337 e. The van der Waals surface area contributed by atoms with Crippen LogP contribution in [0.3, 0.4) is 0 Å². The topological polar surface area (TPSA) is 67.8 Å². The molecule has 2 saturated carbocycles. The van der Waals surface area contributed by atoms with Crippen LogP contribution in [0.4, 0.5) is 5.69 Å². The van der Waals surface area contributed by atoms with Gasteiger partial charge in [-0.15, -0.1) is 0 Å². The second-order valence-electron chi connectivity index (χ2n) is 8.25. The molecular formula is C23H25NO4. The van der Waals surface area contributed by atoms with Crippen molar-refractivity contribution in [1.82, 2.24) is 0 Å². The Morgan fingerprint density at radius 3 is 2.61 bits per heavy atom. The number of hydrogen-bond acceptors (Lipinski definition) is 4. The fourth-order valence-corrected chi connectivity index (χ4v) is 6.07. The third-order valence-electron chi connectivity index (χ3n) is 7.12. The van der Waals surface area contributed by atoms with E-state index in [0.29, 0.717) is 40.7 Å². The number of fused-ring (bicyclic) bond motifs is 7. The number of nitrogens with one attached hydrogen (secondary N) is 1. The predicted octanol–water partition coefficient (Wildman–Crippen LogP) is 4.70. The molecule has 0 radical (unpaired) electrons. The van der Waals surface area contributed by atoms with E-state index in [-0.39, 0.29) is 6.04 Å². The van der Waals surface area contributed by atoms with Crippen molar-refractivity contribution in [3.05, 3.63) is 53.1 Å². The van der Waals surface area contributed by atoms with Gasteiger partial charge in [0.2, 0.25) is 0 Å². The zero-order chi connectivity index (χ0) is 19.4. The molecule has 146 valence electrons. The van der Waals surface area contributed by atoms with Gasteiger partial charge in [0, 0.05) is 0 Å². The molecule has 0 aromatic heterocycles. The molecule has 1 heterocycles. The average molecular weight is 379 g/mol. The van der Waals surface area contributed by atoms with Crippen molar-refractivity contribution in [2.45, 2.75) is 31.2 Å². The number of carboxylic acids is 1. The largest absolute Gasteiger partial charge is 0.493 e. The van der Waals surface area contributed by atoms with E-state index in [1.165, 1.54) is 24.8 Å². The molecule has 2 aromatic carbocycles. The zero-order valence-corrected chi connectivity index (χ0v) is 16.1. The van der Waals surface area contributed by atoms with Crippen LogP contribution in [0.25, 0.3) is 0 Å². The van der Waals surface area contributed by atoms with Crippen LogP contribution in [0.2, 0.25) is 0 Å². The molecule has 28 heavy (non-hydrogen) atoms. The lowest BCUT2D eigenvalue weighted by Crippen LogP contribution is -2.36. The lowest BCUT2D eigenvalue weighted by atomic mass is 9.67. The maximum Gasteiger partial charge on any atom is 0.337 e. The van der Waals surface area contributed by atoms with Crippen LogP contribution in [-0.4, -0.2) is 25.3 Å². The minimum Gasteiger partial charge on any atom is -0.493 e. The van der Waals surface area contributed by atoms with E-state index in [1.54, 1.807) is 20.3 Å². The summed E-state index contributed by atoms with van der Waals surface area (Å²) in [6, 6.07) is 11.9. The first-order chi connectivity index (χ1) is 13.6. The third-order valence-corrected chi connectivity index (χ3v) is 7.12. The van der Waals surface area contributed by atoms with E-state index in [9.17, 15) is 9.90 Å². The molecular weight excluding hydrogens is 354 g/mol. The molecule has 5 heteroatoms. The highest BCUT2D eigenvalue weighted by Gasteiger charge is 2.54. The summed E-state index contributed by atoms with van der Waals surface area (Å²) in [5.74, 6) is 2.78. The summed E-state index contributed by atoms with van der Waals surface area (Å²) in [5.41, 5.74) is 3.48. The predicted molar refractivity (Wildman–Crippen MR) is 106 cm³/mol. The number of anilines is 1. The third kappa shape index (κ3) is 2.42. The molecule has 5 rings (SSSR count). The molecule has 2 aliphatic carbocycles. The van der Waals surface area contributed by atoms with E-state index in [2.05, 4.69) is 17.4 Å². The van der Waals surface area contributed by atoms with Crippen molar-refractivity contribution in [3.8, 4) is 11.5 Å². The van der Waals surface area contributed by atoms with Crippen molar-refractivity contribution in [3.63, 3.8) is 0 Å². The molecule has 2 N–H and O–H groups in total. The van der Waals surface area contributed by atoms with Crippen molar-refractivity contribution in [2.24, 2.45) is 17.8 Å². The molecule has 0 spiro atoms. The highest BCUT2D eigenvalue weighted by molar-refractivity contribution is 5.95. The van der Waals surface area contributed by atoms with Crippen LogP contribution < -0.4 is 14.8 Å². The first-order valence-corrected chi connectivity index (χ1v) is 9.97. The van der Waals surface area contributed by atoms with Gasteiger partial charge in [-0.05, 0) is 72.3 Å². The van der Waals surface area contributed by atoms with E-state index >= 15 is 0 Å². The fraction of sp³-hybridized carbons (Fsp3) is 0.435. The lowest BCUT2D eigenvalue weighted by molar-refractivity contribution is 0.0697. The molecule has 1 aliphatic heterocycles. The second kappa shape index (κ2) is 6.43. The Balaban J connectivity index is 1.65.